The molecule has 0 saturated carbocycles. The average molecular weight is 380 g/mol. The lowest BCUT2D eigenvalue weighted by atomic mass is 10.1. The number of aromatic hydroxyl groups is 1. The third-order valence-electron chi connectivity index (χ3n) is 5.64. The lowest BCUT2D eigenvalue weighted by Crippen LogP contribution is -2.38. The zero-order valence-corrected chi connectivity index (χ0v) is 16.8. The van der Waals surface area contributed by atoms with Gasteiger partial charge in [0.05, 0.1) is 11.0 Å². The van der Waals surface area contributed by atoms with Crippen LogP contribution in [0.2, 0.25) is 0 Å². The van der Waals surface area contributed by atoms with Crippen molar-refractivity contribution in [2.75, 3.05) is 19.6 Å². The maximum atomic E-state index is 9.68. The first-order valence-corrected chi connectivity index (χ1v) is 10.3. The van der Waals surface area contributed by atoms with E-state index < -0.39 is 0 Å². The number of aromatic nitrogens is 2. The number of phenols is 1. The van der Waals surface area contributed by atoms with E-state index in [9.17, 15) is 5.11 Å². The van der Waals surface area contributed by atoms with Crippen LogP contribution in [-0.2, 0) is 7.05 Å². The van der Waals surface area contributed by atoms with Crippen LogP contribution in [0.25, 0.3) is 22.4 Å². The minimum absolute atomic E-state index is 0.238. The van der Waals surface area contributed by atoms with Gasteiger partial charge in [-0.3, -0.25) is 0 Å². The highest BCUT2D eigenvalue weighted by Gasteiger charge is 2.20. The van der Waals surface area contributed by atoms with Crippen LogP contribution in [0.1, 0.15) is 32.6 Å². The van der Waals surface area contributed by atoms with Crippen LogP contribution in [-0.4, -0.2) is 45.3 Å². The Bertz CT molecular complexity index is 925. The lowest BCUT2D eigenvalue weighted by molar-refractivity contribution is 0.0998. The fourth-order valence-electron chi connectivity index (χ4n) is 3.95. The van der Waals surface area contributed by atoms with E-state index in [2.05, 4.69) is 33.5 Å². The first-order chi connectivity index (χ1) is 13.6. The number of aryl methyl sites for hydroxylation is 1. The number of rotatable bonds is 6. The van der Waals surface area contributed by atoms with Gasteiger partial charge in [0, 0.05) is 31.8 Å². The van der Waals surface area contributed by atoms with E-state index >= 15 is 0 Å². The number of ether oxygens (including phenoxy) is 1. The third kappa shape index (κ3) is 3.99. The molecule has 3 aromatic rings. The fraction of sp³-hybridized carbons (Fsp3) is 0.435. The molecule has 4 rings (SSSR count). The molecule has 5 heteroatoms. The van der Waals surface area contributed by atoms with Crippen molar-refractivity contribution in [1.29, 1.82) is 0 Å². The number of hydrogen-bond acceptors (Lipinski definition) is 4. The molecule has 2 aromatic carbocycles. The van der Waals surface area contributed by atoms with Gasteiger partial charge in [0.25, 0.3) is 0 Å². The highest BCUT2D eigenvalue weighted by molar-refractivity contribution is 5.81. The highest BCUT2D eigenvalue weighted by atomic mass is 16.5. The van der Waals surface area contributed by atoms with Crippen molar-refractivity contribution in [1.82, 2.24) is 14.5 Å². The van der Waals surface area contributed by atoms with E-state index in [-0.39, 0.29) is 5.75 Å². The number of likely N-dealkylation sites (tertiary alicyclic amines) is 1. The second kappa shape index (κ2) is 8.23. The Kier molecular flexibility index (Phi) is 5.53. The summed E-state index contributed by atoms with van der Waals surface area (Å²) in [5, 5.41) is 9.68. The molecule has 0 atom stereocenters. The number of benzene rings is 2. The maximum Gasteiger partial charge on any atom is 0.140 e. The quantitative estimate of drug-likeness (QED) is 0.681. The molecule has 1 N–H and O–H groups in total. The molecule has 28 heavy (non-hydrogen) atoms. The first-order valence-electron chi connectivity index (χ1n) is 10.3. The van der Waals surface area contributed by atoms with Gasteiger partial charge >= 0.3 is 0 Å². The average Bonchev–Trinajstić information content (AvgIpc) is 3.04. The maximum absolute atomic E-state index is 9.68. The molecular weight excluding hydrogens is 350 g/mol. The predicted octanol–water partition coefficient (Wildman–Crippen LogP) is 4.59. The predicted molar refractivity (Wildman–Crippen MR) is 113 cm³/mol. The summed E-state index contributed by atoms with van der Waals surface area (Å²) < 4.78 is 8.27. The van der Waals surface area contributed by atoms with E-state index in [4.69, 9.17) is 4.74 Å². The summed E-state index contributed by atoms with van der Waals surface area (Å²) >= 11 is 0. The van der Waals surface area contributed by atoms with Gasteiger partial charge in [0.15, 0.2) is 0 Å². The van der Waals surface area contributed by atoms with Crippen molar-refractivity contribution in [2.45, 2.75) is 38.7 Å². The minimum atomic E-state index is 0.238. The van der Waals surface area contributed by atoms with Gasteiger partial charge in [-0.05, 0) is 62.2 Å². The lowest BCUT2D eigenvalue weighted by Gasteiger charge is -2.32. The third-order valence-corrected chi connectivity index (χ3v) is 5.64. The molecule has 1 fully saturated rings. The van der Waals surface area contributed by atoms with Crippen molar-refractivity contribution in [3.05, 3.63) is 42.5 Å². The number of phenolic OH excluding ortho intramolecular Hbond substituents is 1. The zero-order chi connectivity index (χ0) is 19.5. The van der Waals surface area contributed by atoms with E-state index in [1.807, 2.05) is 25.2 Å². The summed E-state index contributed by atoms with van der Waals surface area (Å²) in [7, 11) is 2.00. The van der Waals surface area contributed by atoms with Crippen molar-refractivity contribution < 1.29 is 9.84 Å². The summed E-state index contributed by atoms with van der Waals surface area (Å²) in [6, 6.07) is 13.5. The van der Waals surface area contributed by atoms with Gasteiger partial charge in [-0.15, -0.1) is 0 Å². The topological polar surface area (TPSA) is 50.5 Å². The second-order valence-electron chi connectivity index (χ2n) is 7.70. The number of nitrogens with zero attached hydrogens (tertiary/aromatic N) is 3. The smallest absolute Gasteiger partial charge is 0.140 e. The minimum Gasteiger partial charge on any atom is -0.508 e. The number of hydrogen-bond donors (Lipinski definition) is 1. The molecule has 148 valence electrons. The number of piperidine rings is 1. The highest BCUT2D eigenvalue weighted by Crippen LogP contribution is 2.28. The molecule has 1 saturated heterocycles. The van der Waals surface area contributed by atoms with Gasteiger partial charge < -0.3 is 19.3 Å². The van der Waals surface area contributed by atoms with Gasteiger partial charge in [-0.2, -0.15) is 0 Å². The molecule has 5 nitrogen and oxygen atoms in total. The molecular formula is C23H29N3O2. The van der Waals surface area contributed by atoms with E-state index in [0.29, 0.717) is 6.10 Å². The Labute approximate surface area is 166 Å². The normalized spacial score (nSPS) is 15.9. The van der Waals surface area contributed by atoms with Gasteiger partial charge in [-0.1, -0.05) is 13.3 Å². The summed E-state index contributed by atoms with van der Waals surface area (Å²) in [5.41, 5.74) is 2.84. The largest absolute Gasteiger partial charge is 0.508 e. The Morgan fingerprint density at radius 2 is 1.86 bits per heavy atom. The van der Waals surface area contributed by atoms with Gasteiger partial charge in [-0.25, -0.2) is 4.98 Å². The molecule has 0 radical (unpaired) electrons. The van der Waals surface area contributed by atoms with Crippen molar-refractivity contribution in [2.24, 2.45) is 7.05 Å². The van der Waals surface area contributed by atoms with Crippen LogP contribution < -0.4 is 4.74 Å². The number of fused-ring (bicyclic) bond motifs is 1. The van der Waals surface area contributed by atoms with Crippen LogP contribution in [0, 0.1) is 0 Å². The Balaban J connectivity index is 1.41. The molecule has 0 spiro atoms. The molecule has 2 heterocycles. The molecule has 1 aliphatic rings. The van der Waals surface area contributed by atoms with Gasteiger partial charge in [0.2, 0.25) is 0 Å². The number of imidazole rings is 1. The summed E-state index contributed by atoms with van der Waals surface area (Å²) in [5.74, 6) is 2.05. The monoisotopic (exact) mass is 379 g/mol. The van der Waals surface area contributed by atoms with Crippen LogP contribution in [0.4, 0.5) is 0 Å². The van der Waals surface area contributed by atoms with Crippen LogP contribution in [0.3, 0.4) is 0 Å². The molecule has 0 unspecified atom stereocenters. The van der Waals surface area contributed by atoms with Crippen LogP contribution in [0.5, 0.6) is 11.5 Å². The van der Waals surface area contributed by atoms with Crippen LogP contribution >= 0.6 is 0 Å². The van der Waals surface area contributed by atoms with Crippen molar-refractivity contribution >= 4 is 11.0 Å². The molecule has 0 aliphatic carbocycles. The second-order valence-corrected chi connectivity index (χ2v) is 7.70. The summed E-state index contributed by atoms with van der Waals surface area (Å²) in [4.78, 5) is 7.23. The Hall–Kier alpha value is -2.53. The Morgan fingerprint density at radius 1 is 1.11 bits per heavy atom. The van der Waals surface area contributed by atoms with E-state index in [1.54, 1.807) is 12.1 Å². The zero-order valence-electron chi connectivity index (χ0n) is 16.8. The summed E-state index contributed by atoms with van der Waals surface area (Å²) in [6.45, 7) is 5.73. The molecule has 0 amide bonds. The fourth-order valence-corrected chi connectivity index (χ4v) is 3.95. The Morgan fingerprint density at radius 3 is 2.57 bits per heavy atom. The van der Waals surface area contributed by atoms with Gasteiger partial charge in [0.1, 0.15) is 23.4 Å². The SMILES string of the molecule is CCCCN1CCC(Oc2ccc(-c3nc4cc(O)ccc4n3C)cc2)CC1. The van der Waals surface area contributed by atoms with Crippen molar-refractivity contribution in [3.63, 3.8) is 0 Å². The molecule has 0 bridgehead atoms. The standard InChI is InChI=1S/C23H29N3O2/c1-3-4-13-26-14-11-20(12-15-26)28-19-8-5-17(6-9-19)23-24-21-16-18(27)7-10-22(21)25(23)2/h5-10,16,20,27H,3-4,11-15H2,1-2H3. The van der Waals surface area contributed by atoms with Crippen LogP contribution in [0.15, 0.2) is 42.5 Å². The summed E-state index contributed by atoms with van der Waals surface area (Å²) in [6.07, 6.45) is 5.05. The van der Waals surface area contributed by atoms with Crippen molar-refractivity contribution in [3.8, 4) is 22.9 Å². The molecule has 1 aliphatic heterocycles. The molecule has 1 aromatic heterocycles. The van der Waals surface area contributed by atoms with E-state index in [1.165, 1.54) is 19.4 Å². The van der Waals surface area contributed by atoms with E-state index in [0.717, 1.165) is 54.1 Å². The number of unbranched alkanes of at least 4 members (excludes halogenated alkanes) is 1. The first kappa shape index (κ1) is 18.8.